The Morgan fingerprint density at radius 2 is 1.91 bits per heavy atom. The Labute approximate surface area is 202 Å². The quantitative estimate of drug-likeness (QED) is 0.661. The molecule has 1 N–H and O–H groups in total. The highest BCUT2D eigenvalue weighted by Crippen LogP contribution is 2.67. The third-order valence-corrected chi connectivity index (χ3v) is 10.4. The highest BCUT2D eigenvalue weighted by molar-refractivity contribution is 5.54. The van der Waals surface area contributed by atoms with E-state index in [0.717, 1.165) is 43.9 Å². The lowest BCUT2D eigenvalue weighted by Crippen LogP contribution is -2.51. The lowest BCUT2D eigenvalue weighted by molar-refractivity contribution is -0.103. The van der Waals surface area contributed by atoms with E-state index >= 15 is 0 Å². The summed E-state index contributed by atoms with van der Waals surface area (Å²) in [6, 6.07) is 5.58. The number of aromatic nitrogens is 2. The van der Waals surface area contributed by atoms with Crippen molar-refractivity contribution in [2.75, 3.05) is 0 Å². The molecule has 6 nitrogen and oxygen atoms in total. The third-order valence-electron chi connectivity index (χ3n) is 10.4. The van der Waals surface area contributed by atoms with Crippen LogP contribution in [0.3, 0.4) is 0 Å². The number of nitriles is 2. The molecule has 0 spiro atoms. The van der Waals surface area contributed by atoms with E-state index in [1.54, 1.807) is 0 Å². The molecular formula is C28H36N4O2. The van der Waals surface area contributed by atoms with Gasteiger partial charge in [-0.2, -0.15) is 15.6 Å². The lowest BCUT2D eigenvalue weighted by atomic mass is 9.48. The zero-order valence-electron chi connectivity index (χ0n) is 20.6. The second-order valence-electron chi connectivity index (χ2n) is 12.3. The molecule has 0 saturated heterocycles. The minimum Gasteiger partial charge on any atom is -0.390 e. The molecule has 4 saturated carbocycles. The van der Waals surface area contributed by atoms with E-state index in [2.05, 4.69) is 31.0 Å². The van der Waals surface area contributed by atoms with E-state index in [1.165, 1.54) is 30.0 Å². The first-order valence-corrected chi connectivity index (χ1v) is 13.0. The van der Waals surface area contributed by atoms with Crippen molar-refractivity contribution in [2.24, 2.45) is 46.8 Å². The summed E-state index contributed by atoms with van der Waals surface area (Å²) in [5, 5.41) is 33.6. The molecule has 5 rings (SSSR count). The molecule has 0 unspecified atom stereocenters. The molecule has 1 heterocycles. The van der Waals surface area contributed by atoms with Gasteiger partial charge in [0.2, 0.25) is 0 Å². The number of nitrogens with zero attached hydrogens (tertiary/aromatic N) is 4. The summed E-state index contributed by atoms with van der Waals surface area (Å²) in [6.45, 7) is 7.02. The summed E-state index contributed by atoms with van der Waals surface area (Å²) in [5.74, 6) is 6.36. The Balaban J connectivity index is 1.40. The second kappa shape index (κ2) is 8.37. The molecule has 4 aliphatic rings. The van der Waals surface area contributed by atoms with E-state index < -0.39 is 5.60 Å². The monoisotopic (exact) mass is 460 g/mol. The molecule has 4 aliphatic carbocycles. The Kier molecular flexibility index (Phi) is 5.75. The highest BCUT2D eigenvalue weighted by atomic mass is 16.3. The predicted molar refractivity (Wildman–Crippen MR) is 127 cm³/mol. The number of carbonyl (C=O) groups excluding carboxylic acids is 1. The number of fused-ring (bicyclic) bond motifs is 5. The largest absolute Gasteiger partial charge is 0.390 e. The fourth-order valence-corrected chi connectivity index (χ4v) is 9.22. The van der Waals surface area contributed by atoms with Crippen molar-refractivity contribution in [1.29, 1.82) is 10.5 Å². The number of hydrogen-bond acceptors (Lipinski definition) is 5. The first kappa shape index (κ1) is 23.3. The molecular weight excluding hydrogens is 424 g/mol. The van der Waals surface area contributed by atoms with Crippen molar-refractivity contribution in [3.63, 3.8) is 0 Å². The molecule has 0 aliphatic heterocycles. The molecule has 180 valence electrons. The molecule has 9 atom stereocenters. The van der Waals surface area contributed by atoms with Crippen LogP contribution in [-0.4, -0.2) is 26.4 Å². The zero-order chi connectivity index (χ0) is 24.3. The molecule has 1 aromatic heterocycles. The number of aliphatic hydroxyl groups is 1. The summed E-state index contributed by atoms with van der Waals surface area (Å²) in [6.07, 6.45) is 8.79. The van der Waals surface area contributed by atoms with Gasteiger partial charge in [-0.1, -0.05) is 13.8 Å². The fourth-order valence-electron chi connectivity index (χ4n) is 9.22. The molecule has 1 aromatic rings. The van der Waals surface area contributed by atoms with Gasteiger partial charge in [0, 0.05) is 11.6 Å². The van der Waals surface area contributed by atoms with Crippen LogP contribution in [0.5, 0.6) is 0 Å². The van der Waals surface area contributed by atoms with E-state index in [-0.39, 0.29) is 23.6 Å². The van der Waals surface area contributed by atoms with E-state index in [9.17, 15) is 20.4 Å². The van der Waals surface area contributed by atoms with Crippen molar-refractivity contribution >= 4 is 5.94 Å². The van der Waals surface area contributed by atoms with E-state index in [1.807, 2.05) is 13.0 Å². The Morgan fingerprint density at radius 1 is 1.15 bits per heavy atom. The molecule has 4 fully saturated rings. The van der Waals surface area contributed by atoms with Gasteiger partial charge in [0.1, 0.15) is 23.8 Å². The first-order chi connectivity index (χ1) is 16.2. The fraction of sp³-hybridized carbons (Fsp3) is 0.750. The van der Waals surface area contributed by atoms with Crippen LogP contribution in [0.25, 0.3) is 0 Å². The van der Waals surface area contributed by atoms with Crippen LogP contribution in [-0.2, 0) is 11.3 Å². The maximum Gasteiger partial charge on any atom is 0.163 e. The zero-order valence-corrected chi connectivity index (χ0v) is 20.6. The van der Waals surface area contributed by atoms with Crippen LogP contribution < -0.4 is 0 Å². The van der Waals surface area contributed by atoms with Crippen LogP contribution in [0.2, 0.25) is 0 Å². The Bertz CT molecular complexity index is 1100. The molecule has 0 radical (unpaired) electrons. The van der Waals surface area contributed by atoms with Gasteiger partial charge in [-0.3, -0.25) is 0 Å². The van der Waals surface area contributed by atoms with E-state index in [4.69, 9.17) is 0 Å². The topological polar surface area (TPSA) is 103 Å². The maximum atomic E-state index is 12.3. The average molecular weight is 461 g/mol. The normalized spacial score (nSPS) is 42.9. The predicted octanol–water partition coefficient (Wildman–Crippen LogP) is 4.65. The van der Waals surface area contributed by atoms with Crippen LogP contribution in [0, 0.1) is 69.5 Å². The van der Waals surface area contributed by atoms with Crippen molar-refractivity contribution in [1.82, 2.24) is 9.78 Å². The van der Waals surface area contributed by atoms with Gasteiger partial charge in [0.05, 0.1) is 12.1 Å². The van der Waals surface area contributed by atoms with Gasteiger partial charge in [-0.05, 0) is 105 Å². The summed E-state index contributed by atoms with van der Waals surface area (Å²) in [7, 11) is 0. The van der Waals surface area contributed by atoms with Crippen LogP contribution in [0.1, 0.15) is 83.5 Å². The number of rotatable bonds is 3. The molecule has 0 bridgehead atoms. The summed E-state index contributed by atoms with van der Waals surface area (Å²) in [5.41, 5.74) is 0.772. The van der Waals surface area contributed by atoms with Gasteiger partial charge in [-0.25, -0.2) is 9.48 Å². The van der Waals surface area contributed by atoms with Crippen molar-refractivity contribution in [2.45, 2.75) is 84.3 Å². The summed E-state index contributed by atoms with van der Waals surface area (Å²) >= 11 is 0. The SMILES string of the molecule is C[C@@H]1C[C@H](C(=C=O)Cn2nc(C#N)cc2C#N)[C@@]2(C)CC[C@H]3[C@@H](CC[C@@H]4C[C@](C)(O)CC[C@@H]43)[C@H]12. The molecule has 6 heteroatoms. The van der Waals surface area contributed by atoms with Gasteiger partial charge in [0.25, 0.3) is 0 Å². The molecule has 0 amide bonds. The lowest BCUT2D eigenvalue weighted by Gasteiger charge is -2.57. The van der Waals surface area contributed by atoms with Gasteiger partial charge < -0.3 is 5.11 Å². The summed E-state index contributed by atoms with van der Waals surface area (Å²) in [4.78, 5) is 12.3. The summed E-state index contributed by atoms with van der Waals surface area (Å²) < 4.78 is 1.50. The third kappa shape index (κ3) is 3.64. The van der Waals surface area contributed by atoms with Crippen LogP contribution in [0.4, 0.5) is 0 Å². The average Bonchev–Trinajstić information content (AvgIpc) is 3.33. The van der Waals surface area contributed by atoms with Gasteiger partial charge in [0.15, 0.2) is 5.69 Å². The van der Waals surface area contributed by atoms with Crippen LogP contribution in [0.15, 0.2) is 11.6 Å². The minimum absolute atomic E-state index is 0.0539. The van der Waals surface area contributed by atoms with Crippen molar-refractivity contribution in [3.05, 3.63) is 23.0 Å². The number of hydrogen-bond donors (Lipinski definition) is 1. The van der Waals surface area contributed by atoms with E-state index in [0.29, 0.717) is 34.9 Å². The molecule has 0 aromatic carbocycles. The first-order valence-electron chi connectivity index (χ1n) is 13.0. The standard InChI is InChI=1S/C28H36N4O2/c1-17-10-25(19(16-33)15-32-21(14-30)11-20(13-29)31-32)28(3)9-7-23-22-6-8-27(2,34)12-18(22)4-5-24(23)26(17)28/h11,17-18,22-26,34H,4-10,12,15H2,1-3H3/t17-,18-,22+,23-,24-,25-,26+,27-,28-/m1/s1. The van der Waals surface area contributed by atoms with Crippen LogP contribution >= 0.6 is 0 Å². The second-order valence-corrected chi connectivity index (χ2v) is 12.3. The Hall–Kier alpha value is -2.40. The van der Waals surface area contributed by atoms with Crippen molar-refractivity contribution < 1.29 is 9.90 Å². The molecule has 34 heavy (non-hydrogen) atoms. The maximum absolute atomic E-state index is 12.3. The van der Waals surface area contributed by atoms with Gasteiger partial charge in [-0.15, -0.1) is 0 Å². The number of allylic oxidation sites excluding steroid dienone is 1. The Morgan fingerprint density at radius 3 is 2.62 bits per heavy atom. The highest BCUT2D eigenvalue weighted by Gasteiger charge is 2.60. The smallest absolute Gasteiger partial charge is 0.163 e. The van der Waals surface area contributed by atoms with Crippen molar-refractivity contribution in [3.8, 4) is 12.1 Å². The minimum atomic E-state index is -0.493. The van der Waals surface area contributed by atoms with Gasteiger partial charge >= 0.3 is 0 Å².